The van der Waals surface area contributed by atoms with Gasteiger partial charge in [-0.1, -0.05) is 6.07 Å². The molecule has 4 heterocycles. The fourth-order valence-corrected chi connectivity index (χ4v) is 5.73. The number of halogens is 1. The Balaban J connectivity index is 1.33. The number of amides is 1. The van der Waals surface area contributed by atoms with E-state index in [1.165, 1.54) is 18.5 Å². The number of nitrogens with zero attached hydrogens (tertiary/aromatic N) is 6. The lowest BCUT2D eigenvalue weighted by Gasteiger charge is -2.34. The summed E-state index contributed by atoms with van der Waals surface area (Å²) >= 11 is 0. The van der Waals surface area contributed by atoms with Crippen molar-refractivity contribution in [3.8, 4) is 11.3 Å². The molecule has 0 bridgehead atoms. The van der Waals surface area contributed by atoms with Crippen LogP contribution in [-0.4, -0.2) is 72.1 Å². The van der Waals surface area contributed by atoms with E-state index in [0.717, 1.165) is 62.3 Å². The summed E-state index contributed by atoms with van der Waals surface area (Å²) in [5.74, 6) is -0.940. The molecule has 0 spiro atoms. The molecule has 40 heavy (non-hydrogen) atoms. The van der Waals surface area contributed by atoms with Crippen LogP contribution in [0.25, 0.3) is 22.3 Å². The minimum absolute atomic E-state index is 0.0406. The Morgan fingerprint density at radius 1 is 1.23 bits per heavy atom. The number of nitrogens with one attached hydrogen (secondary N) is 1. The second-order valence-corrected chi connectivity index (χ2v) is 11.1. The Hall–Kier alpha value is -3.67. The molecule has 1 saturated carbocycles. The summed E-state index contributed by atoms with van der Waals surface area (Å²) in [5, 5.41) is 17.5. The van der Waals surface area contributed by atoms with Gasteiger partial charge in [0.15, 0.2) is 5.82 Å². The minimum Gasteiger partial charge on any atom is -0.390 e. The monoisotopic (exact) mass is 547 g/mol. The van der Waals surface area contributed by atoms with Gasteiger partial charge in [-0.15, -0.1) is 0 Å². The SMILES string of the molecule is Cn1cc(-c2nccc(C(=O)Nc3nc4cc(CN5CCOCC5)ccc4n3C3CCC(C)(O)CC3)c2F)cn1. The number of imidazole rings is 1. The van der Waals surface area contributed by atoms with Crippen molar-refractivity contribution in [2.24, 2.45) is 7.05 Å². The number of pyridine rings is 1. The van der Waals surface area contributed by atoms with Crippen LogP contribution in [-0.2, 0) is 18.3 Å². The predicted molar refractivity (Wildman–Crippen MR) is 148 cm³/mol. The molecular weight excluding hydrogens is 513 g/mol. The maximum absolute atomic E-state index is 15.5. The second kappa shape index (κ2) is 10.7. The molecule has 2 aliphatic rings. The van der Waals surface area contributed by atoms with E-state index in [1.54, 1.807) is 17.9 Å². The third-order valence-corrected chi connectivity index (χ3v) is 8.00. The number of anilines is 1. The number of hydrogen-bond acceptors (Lipinski definition) is 7. The standard InChI is InChI=1S/C29H34FN7O3/c1-29(39)8-5-21(6-9-29)37-24-4-3-19(17-36-11-13-40-14-12-36)15-23(24)33-28(37)34-27(38)22-7-10-31-26(25(22)30)20-16-32-35(2)18-20/h3-4,7,10,15-16,18,21,39H,5-6,8-9,11-14,17H2,1-2H3,(H,33,34,38). The number of aromatic nitrogens is 5. The molecule has 1 aromatic carbocycles. The molecule has 0 radical (unpaired) electrons. The highest BCUT2D eigenvalue weighted by atomic mass is 19.1. The van der Waals surface area contributed by atoms with Crippen LogP contribution in [0.1, 0.15) is 54.6 Å². The molecule has 6 rings (SSSR count). The molecule has 0 atom stereocenters. The van der Waals surface area contributed by atoms with Gasteiger partial charge in [0.1, 0.15) is 5.69 Å². The molecule has 3 aromatic heterocycles. The van der Waals surface area contributed by atoms with Gasteiger partial charge >= 0.3 is 0 Å². The van der Waals surface area contributed by atoms with Crippen LogP contribution in [0.4, 0.5) is 10.3 Å². The maximum atomic E-state index is 15.5. The smallest absolute Gasteiger partial charge is 0.261 e. The lowest BCUT2D eigenvalue weighted by molar-refractivity contribution is 0.0106. The van der Waals surface area contributed by atoms with Gasteiger partial charge in [-0.3, -0.25) is 24.7 Å². The summed E-state index contributed by atoms with van der Waals surface area (Å²) in [4.78, 5) is 24.8. The molecule has 4 aromatic rings. The quantitative estimate of drug-likeness (QED) is 0.377. The molecule has 210 valence electrons. The number of benzene rings is 1. The fraction of sp³-hybridized carbons (Fsp3) is 0.448. The Kier molecular flexibility index (Phi) is 7.11. The average Bonchev–Trinajstić information content (AvgIpc) is 3.52. The molecule has 2 N–H and O–H groups in total. The van der Waals surface area contributed by atoms with Gasteiger partial charge in [0.2, 0.25) is 5.95 Å². The van der Waals surface area contributed by atoms with Crippen LogP contribution in [0, 0.1) is 5.82 Å². The highest BCUT2D eigenvalue weighted by Gasteiger charge is 2.32. The molecule has 1 aliphatic carbocycles. The summed E-state index contributed by atoms with van der Waals surface area (Å²) in [6, 6.07) is 7.62. The lowest BCUT2D eigenvalue weighted by atomic mass is 9.83. The number of fused-ring (bicyclic) bond motifs is 1. The van der Waals surface area contributed by atoms with Crippen LogP contribution >= 0.6 is 0 Å². The van der Waals surface area contributed by atoms with Gasteiger partial charge in [0.25, 0.3) is 5.91 Å². The van der Waals surface area contributed by atoms with Gasteiger partial charge in [-0.05, 0) is 56.4 Å². The Morgan fingerprint density at radius 3 is 2.73 bits per heavy atom. The van der Waals surface area contributed by atoms with E-state index in [1.807, 2.05) is 17.6 Å². The van der Waals surface area contributed by atoms with E-state index in [-0.39, 0.29) is 17.3 Å². The van der Waals surface area contributed by atoms with Crippen LogP contribution in [0.5, 0.6) is 0 Å². The van der Waals surface area contributed by atoms with Crippen molar-refractivity contribution in [3.63, 3.8) is 0 Å². The highest BCUT2D eigenvalue weighted by Crippen LogP contribution is 2.38. The van der Waals surface area contributed by atoms with Crippen molar-refractivity contribution in [2.45, 2.75) is 50.8 Å². The number of aliphatic hydroxyl groups is 1. The second-order valence-electron chi connectivity index (χ2n) is 11.1. The summed E-state index contributed by atoms with van der Waals surface area (Å²) in [7, 11) is 1.74. The maximum Gasteiger partial charge on any atom is 0.261 e. The number of aryl methyl sites for hydroxylation is 1. The number of ether oxygens (including phenoxy) is 1. The van der Waals surface area contributed by atoms with Crippen molar-refractivity contribution < 1.29 is 19.0 Å². The predicted octanol–water partition coefficient (Wildman–Crippen LogP) is 3.92. The summed E-state index contributed by atoms with van der Waals surface area (Å²) < 4.78 is 24.6. The Labute approximate surface area is 231 Å². The van der Waals surface area contributed by atoms with Gasteiger partial charge in [-0.25, -0.2) is 9.37 Å². The number of hydrogen-bond donors (Lipinski definition) is 2. The normalized spacial score (nSPS) is 22.1. The average molecular weight is 548 g/mol. The zero-order valence-electron chi connectivity index (χ0n) is 22.8. The summed E-state index contributed by atoms with van der Waals surface area (Å²) in [6.45, 7) is 5.88. The van der Waals surface area contributed by atoms with Gasteiger partial charge in [0, 0.05) is 50.7 Å². The van der Waals surface area contributed by atoms with Crippen LogP contribution < -0.4 is 5.32 Å². The number of morpholine rings is 1. The Morgan fingerprint density at radius 2 is 2.00 bits per heavy atom. The largest absolute Gasteiger partial charge is 0.390 e. The first-order chi connectivity index (χ1) is 19.3. The van der Waals surface area contributed by atoms with Crippen molar-refractivity contribution in [1.29, 1.82) is 0 Å². The molecule has 1 saturated heterocycles. The summed E-state index contributed by atoms with van der Waals surface area (Å²) in [6.07, 6.45) is 7.36. The first-order valence-electron chi connectivity index (χ1n) is 13.8. The fourth-order valence-electron chi connectivity index (χ4n) is 5.73. The van der Waals surface area contributed by atoms with Crippen LogP contribution in [0.15, 0.2) is 42.9 Å². The number of carbonyl (C=O) groups is 1. The van der Waals surface area contributed by atoms with Crippen molar-refractivity contribution in [2.75, 3.05) is 31.6 Å². The third kappa shape index (κ3) is 5.36. The molecule has 10 nitrogen and oxygen atoms in total. The molecule has 1 amide bonds. The first kappa shape index (κ1) is 26.5. The molecule has 1 aliphatic heterocycles. The molecule has 11 heteroatoms. The van der Waals surface area contributed by atoms with E-state index in [0.29, 0.717) is 24.4 Å². The molecule has 0 unspecified atom stereocenters. The minimum atomic E-state index is -0.711. The van der Waals surface area contributed by atoms with E-state index in [4.69, 9.17) is 9.72 Å². The van der Waals surface area contributed by atoms with Crippen molar-refractivity contribution in [3.05, 3.63) is 59.8 Å². The van der Waals surface area contributed by atoms with Gasteiger partial charge in [0.05, 0.1) is 41.6 Å². The van der Waals surface area contributed by atoms with Crippen LogP contribution in [0.2, 0.25) is 0 Å². The summed E-state index contributed by atoms with van der Waals surface area (Å²) in [5.41, 5.74) is 2.53. The van der Waals surface area contributed by atoms with E-state index in [2.05, 4.69) is 32.4 Å². The van der Waals surface area contributed by atoms with Crippen molar-refractivity contribution >= 4 is 22.9 Å². The van der Waals surface area contributed by atoms with E-state index < -0.39 is 17.3 Å². The van der Waals surface area contributed by atoms with Gasteiger partial charge in [-0.2, -0.15) is 5.10 Å². The highest BCUT2D eigenvalue weighted by molar-refractivity contribution is 6.05. The topological polar surface area (TPSA) is 110 Å². The zero-order chi connectivity index (χ0) is 27.9. The number of carbonyl (C=O) groups excluding carboxylic acids is 1. The van der Waals surface area contributed by atoms with Crippen LogP contribution in [0.3, 0.4) is 0 Å². The number of rotatable bonds is 6. The van der Waals surface area contributed by atoms with E-state index >= 15 is 4.39 Å². The Bertz CT molecular complexity index is 1530. The third-order valence-electron chi connectivity index (χ3n) is 8.00. The lowest BCUT2D eigenvalue weighted by Crippen LogP contribution is -2.35. The molecular formula is C29H34FN7O3. The van der Waals surface area contributed by atoms with Gasteiger partial charge < -0.3 is 14.4 Å². The van der Waals surface area contributed by atoms with E-state index in [9.17, 15) is 9.90 Å². The zero-order valence-corrected chi connectivity index (χ0v) is 22.8. The van der Waals surface area contributed by atoms with Crippen molar-refractivity contribution in [1.82, 2.24) is 29.2 Å². The first-order valence-corrected chi connectivity index (χ1v) is 13.8. The molecule has 2 fully saturated rings.